The number of benzene rings is 11. The first kappa shape index (κ1) is 59.4. The predicted octanol–water partition coefficient (Wildman–Crippen LogP) is 21.6. The molecule has 15 nitrogen and oxygen atoms in total. The Morgan fingerprint density at radius 2 is 0.708 bits per heavy atom. The summed E-state index contributed by atoms with van der Waals surface area (Å²) in [4.78, 5) is 26.6. The lowest BCUT2D eigenvalue weighted by Crippen LogP contribution is -2.00. The summed E-state index contributed by atoms with van der Waals surface area (Å²) in [6.45, 7) is 61.7. The van der Waals surface area contributed by atoms with E-state index in [9.17, 15) is 31.6 Å². The van der Waals surface area contributed by atoms with Crippen molar-refractivity contribution in [2.45, 2.75) is 13.8 Å². The van der Waals surface area contributed by atoms with Crippen molar-refractivity contribution in [3.05, 3.63) is 300 Å². The first-order valence-corrected chi connectivity index (χ1v) is 29.1. The van der Waals surface area contributed by atoms with Crippen LogP contribution in [0.4, 0.5) is 39.8 Å². The van der Waals surface area contributed by atoms with E-state index in [1.165, 1.54) is 48.5 Å². The molecule has 0 atom stereocenters. The molecule has 96 heavy (non-hydrogen) atoms. The van der Waals surface area contributed by atoms with Crippen molar-refractivity contribution < 1.29 is 0 Å². The number of aromatic nitrogens is 2. The molecule has 0 fully saturated rings. The molecule has 0 radical (unpaired) electrons. The van der Waals surface area contributed by atoms with Gasteiger partial charge >= 0.3 is 0 Å². The molecule has 0 bridgehead atoms. The summed E-state index contributed by atoms with van der Waals surface area (Å²) < 4.78 is 4.10. The summed E-state index contributed by atoms with van der Waals surface area (Å²) in [5.74, 6) is 0. The Labute approximate surface area is 550 Å². The van der Waals surface area contributed by atoms with Crippen LogP contribution in [-0.2, 0) is 0 Å². The van der Waals surface area contributed by atoms with Crippen LogP contribution in [0.1, 0.15) is 44.5 Å². The normalized spacial score (nSPS) is 10.5. The molecule has 0 saturated heterocycles. The van der Waals surface area contributed by atoms with E-state index in [4.69, 9.17) is 46.0 Å². The van der Waals surface area contributed by atoms with E-state index in [0.29, 0.717) is 116 Å². The van der Waals surface area contributed by atoms with Gasteiger partial charge in [0.1, 0.15) is 0 Å². The fourth-order valence-corrected chi connectivity index (χ4v) is 13.1. The van der Waals surface area contributed by atoms with Gasteiger partial charge in [-0.15, -0.1) is 0 Å². The van der Waals surface area contributed by atoms with Crippen LogP contribution in [0.15, 0.2) is 176 Å². The van der Waals surface area contributed by atoms with Crippen molar-refractivity contribution in [2.75, 3.05) is 0 Å². The molecule has 0 unspecified atom stereocenters. The number of nitriles is 6. The smallest absolute Gasteiger partial charge is 0.197 e. The maximum Gasteiger partial charge on any atom is 0.197 e. The largest absolute Gasteiger partial charge is 0.309 e. The van der Waals surface area contributed by atoms with Crippen LogP contribution in [0.5, 0.6) is 0 Å². The number of rotatable bonds is 8. The van der Waals surface area contributed by atoms with Gasteiger partial charge in [0.25, 0.3) is 0 Å². The van der Waals surface area contributed by atoms with Crippen LogP contribution in [-0.4, -0.2) is 9.13 Å². The molecule has 0 aliphatic heterocycles. The van der Waals surface area contributed by atoms with E-state index >= 15 is 0 Å². The van der Waals surface area contributed by atoms with E-state index in [1.807, 2.05) is 115 Å². The van der Waals surface area contributed by atoms with Gasteiger partial charge in [-0.3, -0.25) is 0 Å². The summed E-state index contributed by atoms with van der Waals surface area (Å²) in [6.07, 6.45) is 0. The lowest BCUT2D eigenvalue weighted by atomic mass is 9.93. The SMILES string of the molecule is [C-]#[N+]c1cc(C#N)c(-c2ccc3c(c2)c2cc(-c4c(C#N)cc(C#N)cc4[N+]#[C-])ccc2n3-c2ccc(-c3ccc(C)cc3C)cc2-c2cc(-n3c4ccc(-c5c(C#N)cc(C#N)cc5[N+]#[C-])cc4c4cc(-c5c([N+]#[C-])cc(C#N)cc5[N+]#[C-])ccc43)ccc2[N+]#[C-])c([N+]#[C-])c1. The van der Waals surface area contributed by atoms with E-state index < -0.39 is 0 Å². The monoisotopic (exact) mass is 1220 g/mol. The number of aryl methyl sites for hydroxylation is 2. The first-order chi connectivity index (χ1) is 46.8. The zero-order valence-electron chi connectivity index (χ0n) is 50.5. The molecule has 0 saturated carbocycles. The van der Waals surface area contributed by atoms with Crippen molar-refractivity contribution in [3.8, 4) is 115 Å². The van der Waals surface area contributed by atoms with Crippen LogP contribution < -0.4 is 0 Å². The molecule has 2 aromatic heterocycles. The molecule has 0 amide bonds. The highest BCUT2D eigenvalue weighted by Crippen LogP contribution is 2.49. The Balaban J connectivity index is 1.12. The van der Waals surface area contributed by atoms with Gasteiger partial charge in [-0.2, -0.15) is 31.6 Å². The highest BCUT2D eigenvalue weighted by Gasteiger charge is 2.26. The molecule has 2 heterocycles. The molecule has 0 aliphatic rings. The van der Waals surface area contributed by atoms with E-state index in [-0.39, 0.29) is 67.5 Å². The van der Waals surface area contributed by atoms with Crippen molar-refractivity contribution >= 4 is 83.4 Å². The Bertz CT molecular complexity index is 5910. The quantitative estimate of drug-likeness (QED) is 0.136. The minimum Gasteiger partial charge on any atom is -0.309 e. The van der Waals surface area contributed by atoms with Gasteiger partial charge in [0.15, 0.2) is 39.8 Å². The second kappa shape index (κ2) is 23.7. The van der Waals surface area contributed by atoms with Gasteiger partial charge in [0.05, 0.1) is 121 Å². The number of hydrogen-bond acceptors (Lipinski definition) is 6. The maximum absolute atomic E-state index is 10.6. The minimum absolute atomic E-state index is 0.0954. The Morgan fingerprint density at radius 1 is 0.302 bits per heavy atom. The number of hydrogen-bond donors (Lipinski definition) is 0. The second-order valence-electron chi connectivity index (χ2n) is 22.4. The van der Waals surface area contributed by atoms with Gasteiger partial charge in [0.2, 0.25) is 0 Å². The zero-order chi connectivity index (χ0) is 67.2. The molecule has 0 N–H and O–H groups in total. The molecular formula is C81H35N15. The standard InChI is InChI=1S/C81H35N15/c1-45-10-17-60(46(2)24-45)50-11-19-75(96-76-22-13-52(79-56(43-86)26-48(40-83)28-69(79)91-6)34-65(76)66-35-53(14-23-77(66)96)80-57(44-87)31-58(88-3)37-72(80)94-9)62(32-50)61-38-59(16-18-67(61)89-4)95-73-20-12-51(78-55(42-85)25-47(39-82)27-68(78)90-5)33-63(73)64-36-54(15-21-74(64)95)81-70(92-7)29-49(41-84)30-71(81)93-8/h10-38H,1-2H3. The molecule has 0 aliphatic carbocycles. The zero-order valence-corrected chi connectivity index (χ0v) is 50.5. The summed E-state index contributed by atoms with van der Waals surface area (Å²) in [7, 11) is 0. The fourth-order valence-electron chi connectivity index (χ4n) is 13.1. The Morgan fingerprint density at radius 3 is 1.14 bits per heavy atom. The third-order valence-electron chi connectivity index (χ3n) is 17.2. The summed E-state index contributed by atoms with van der Waals surface area (Å²) in [5.41, 5.74) is 13.9. The Hall–Kier alpha value is -15.6. The minimum atomic E-state index is 0.0954. The van der Waals surface area contributed by atoms with Crippen molar-refractivity contribution in [1.29, 1.82) is 31.6 Å². The van der Waals surface area contributed by atoms with Gasteiger partial charge in [-0.25, -0.2) is 33.9 Å². The van der Waals surface area contributed by atoms with Gasteiger partial charge in [0, 0.05) is 66.2 Å². The maximum atomic E-state index is 10.6. The summed E-state index contributed by atoms with van der Waals surface area (Å²) in [6, 6.07) is 64.5. The van der Waals surface area contributed by atoms with Crippen LogP contribution in [0, 0.1) is 128 Å². The summed E-state index contributed by atoms with van der Waals surface area (Å²) in [5, 5.41) is 63.9. The van der Waals surface area contributed by atoms with Gasteiger partial charge in [-0.05, 0) is 185 Å². The average Bonchev–Trinajstić information content (AvgIpc) is 1.58. The highest BCUT2D eigenvalue weighted by atomic mass is 15.0. The lowest BCUT2D eigenvalue weighted by Gasteiger charge is -2.19. The Kier molecular flexibility index (Phi) is 14.7. The van der Waals surface area contributed by atoms with Crippen molar-refractivity contribution in [3.63, 3.8) is 0 Å². The summed E-state index contributed by atoms with van der Waals surface area (Å²) >= 11 is 0. The molecule has 15 heteroatoms. The van der Waals surface area contributed by atoms with E-state index in [1.54, 1.807) is 12.1 Å². The molecule has 0 spiro atoms. The predicted molar refractivity (Wildman–Crippen MR) is 369 cm³/mol. The van der Waals surface area contributed by atoms with Crippen LogP contribution in [0.2, 0.25) is 0 Å². The topological polar surface area (TPSA) is 183 Å². The number of nitrogens with zero attached hydrogens (tertiary/aromatic N) is 15. The van der Waals surface area contributed by atoms with Crippen LogP contribution in [0.3, 0.4) is 0 Å². The third kappa shape index (κ3) is 9.58. The fraction of sp³-hybridized carbons (Fsp3) is 0.0247. The third-order valence-corrected chi connectivity index (χ3v) is 17.2. The van der Waals surface area contributed by atoms with Gasteiger partial charge in [-0.1, -0.05) is 66.2 Å². The molecule has 13 rings (SSSR count). The molecule has 13 aromatic rings. The lowest BCUT2D eigenvalue weighted by molar-refractivity contribution is 1.17. The molecule has 434 valence electrons. The van der Waals surface area contributed by atoms with E-state index in [0.717, 1.165) is 22.3 Å². The van der Waals surface area contributed by atoms with Crippen LogP contribution >= 0.6 is 0 Å². The van der Waals surface area contributed by atoms with E-state index in [2.05, 4.69) is 93.1 Å². The molecular weight excluding hydrogens is 1180 g/mol. The first-order valence-electron chi connectivity index (χ1n) is 29.1. The highest BCUT2D eigenvalue weighted by molar-refractivity contribution is 6.15. The van der Waals surface area contributed by atoms with Gasteiger partial charge < -0.3 is 9.13 Å². The average molecular weight is 1220 g/mol. The van der Waals surface area contributed by atoms with Crippen LogP contribution in [0.25, 0.3) is 156 Å². The second-order valence-corrected chi connectivity index (χ2v) is 22.4. The molecule has 11 aromatic carbocycles. The number of fused-ring (bicyclic) bond motifs is 6. The van der Waals surface area contributed by atoms with Crippen molar-refractivity contribution in [1.82, 2.24) is 9.13 Å². The van der Waals surface area contributed by atoms with Crippen molar-refractivity contribution in [2.24, 2.45) is 0 Å².